The van der Waals surface area contributed by atoms with Crippen molar-refractivity contribution in [1.82, 2.24) is 0 Å². The smallest absolute Gasteiger partial charge is 0.303 e. The van der Waals surface area contributed by atoms with E-state index < -0.39 is 0 Å². The molecule has 0 amide bonds. The first-order chi connectivity index (χ1) is 11.1. The molecule has 0 aliphatic rings. The van der Waals surface area contributed by atoms with Crippen LogP contribution in [0.1, 0.15) is 56.9 Å². The van der Waals surface area contributed by atoms with Crippen LogP contribution in [0.4, 0.5) is 0 Å². The summed E-state index contributed by atoms with van der Waals surface area (Å²) in [6.07, 6.45) is 1.20. The second kappa shape index (κ2) is 10.6. The highest BCUT2D eigenvalue weighted by atomic mass is 16.5. The van der Waals surface area contributed by atoms with Gasteiger partial charge < -0.3 is 9.84 Å². The maximum Gasteiger partial charge on any atom is 0.303 e. The Morgan fingerprint density at radius 1 is 0.913 bits per heavy atom. The SMILES string of the molecule is CCC(OC(C)=O)c1ccccc1.CC[C@@H](O)c1ccccc1. The number of hydrogen-bond donors (Lipinski definition) is 1. The Bertz CT molecular complexity index is 552. The Kier molecular flexibility index (Phi) is 8.70. The summed E-state index contributed by atoms with van der Waals surface area (Å²) in [6, 6.07) is 19.5. The van der Waals surface area contributed by atoms with Gasteiger partial charge in [-0.25, -0.2) is 0 Å². The van der Waals surface area contributed by atoms with Gasteiger partial charge in [0.05, 0.1) is 6.10 Å². The number of carbonyl (C=O) groups is 1. The summed E-state index contributed by atoms with van der Waals surface area (Å²) in [5.41, 5.74) is 2.06. The van der Waals surface area contributed by atoms with Crippen LogP contribution in [0.5, 0.6) is 0 Å². The number of esters is 1. The maximum absolute atomic E-state index is 10.8. The molecule has 0 saturated carbocycles. The average molecular weight is 314 g/mol. The number of hydrogen-bond acceptors (Lipinski definition) is 3. The molecule has 0 aromatic heterocycles. The lowest BCUT2D eigenvalue weighted by atomic mass is 10.1. The topological polar surface area (TPSA) is 46.5 Å². The molecule has 2 aromatic carbocycles. The minimum absolute atomic E-state index is 0.0984. The van der Waals surface area contributed by atoms with E-state index in [4.69, 9.17) is 4.74 Å². The summed E-state index contributed by atoms with van der Waals surface area (Å²) in [5, 5.41) is 9.33. The summed E-state index contributed by atoms with van der Waals surface area (Å²) in [7, 11) is 0. The second-order valence-electron chi connectivity index (χ2n) is 5.25. The quantitative estimate of drug-likeness (QED) is 0.804. The molecule has 2 atom stereocenters. The summed E-state index contributed by atoms with van der Waals surface area (Å²) < 4.78 is 5.15. The van der Waals surface area contributed by atoms with Gasteiger partial charge in [-0.2, -0.15) is 0 Å². The fourth-order valence-electron chi connectivity index (χ4n) is 2.17. The van der Waals surface area contributed by atoms with E-state index in [9.17, 15) is 9.90 Å². The van der Waals surface area contributed by atoms with E-state index in [1.807, 2.05) is 74.5 Å². The Morgan fingerprint density at radius 3 is 1.78 bits per heavy atom. The molecule has 0 heterocycles. The molecule has 3 nitrogen and oxygen atoms in total. The van der Waals surface area contributed by atoms with Crippen molar-refractivity contribution in [2.75, 3.05) is 0 Å². The van der Waals surface area contributed by atoms with Crippen LogP contribution in [0, 0.1) is 0 Å². The molecule has 0 radical (unpaired) electrons. The first kappa shape index (κ1) is 18.9. The van der Waals surface area contributed by atoms with Crippen LogP contribution in [0.3, 0.4) is 0 Å². The van der Waals surface area contributed by atoms with Crippen LogP contribution >= 0.6 is 0 Å². The molecule has 0 bridgehead atoms. The molecule has 0 spiro atoms. The highest BCUT2D eigenvalue weighted by Gasteiger charge is 2.10. The molecule has 0 saturated heterocycles. The van der Waals surface area contributed by atoms with Gasteiger partial charge in [-0.15, -0.1) is 0 Å². The van der Waals surface area contributed by atoms with Crippen molar-refractivity contribution < 1.29 is 14.6 Å². The van der Waals surface area contributed by atoms with Gasteiger partial charge >= 0.3 is 5.97 Å². The number of aliphatic hydroxyl groups excluding tert-OH is 1. The first-order valence-corrected chi connectivity index (χ1v) is 8.03. The highest BCUT2D eigenvalue weighted by molar-refractivity contribution is 5.66. The van der Waals surface area contributed by atoms with E-state index >= 15 is 0 Å². The van der Waals surface area contributed by atoms with Crippen LogP contribution in [-0.2, 0) is 9.53 Å². The molecule has 0 aliphatic carbocycles. The van der Waals surface area contributed by atoms with Gasteiger partial charge in [-0.1, -0.05) is 74.5 Å². The molecule has 23 heavy (non-hydrogen) atoms. The van der Waals surface area contributed by atoms with Crippen LogP contribution in [0.25, 0.3) is 0 Å². The molecule has 124 valence electrons. The average Bonchev–Trinajstić information content (AvgIpc) is 2.61. The lowest BCUT2D eigenvalue weighted by molar-refractivity contribution is -0.146. The van der Waals surface area contributed by atoms with E-state index in [0.29, 0.717) is 0 Å². The van der Waals surface area contributed by atoms with Gasteiger partial charge in [0.15, 0.2) is 0 Å². The standard InChI is InChI=1S/C11H14O2.C9H12O/c1-3-11(13-9(2)12)10-7-5-4-6-8-10;1-2-9(10)8-6-4-3-5-7-8/h4-8,11H,3H2,1-2H3;3-7,9-10H,2H2,1H3/t;9-/m.1/s1. The molecule has 1 unspecified atom stereocenters. The third kappa shape index (κ3) is 7.11. The van der Waals surface area contributed by atoms with Gasteiger partial charge in [0.25, 0.3) is 0 Å². The summed E-state index contributed by atoms with van der Waals surface area (Å²) in [6.45, 7) is 5.41. The van der Waals surface area contributed by atoms with Gasteiger partial charge in [0, 0.05) is 6.92 Å². The third-order valence-electron chi connectivity index (χ3n) is 3.42. The molecule has 1 N–H and O–H groups in total. The number of rotatable bonds is 5. The number of aliphatic hydroxyl groups is 1. The maximum atomic E-state index is 10.8. The zero-order valence-corrected chi connectivity index (χ0v) is 14.1. The minimum atomic E-state index is -0.291. The predicted molar refractivity (Wildman–Crippen MR) is 92.9 cm³/mol. The summed E-state index contributed by atoms with van der Waals surface area (Å²) in [4.78, 5) is 10.8. The van der Waals surface area contributed by atoms with E-state index in [-0.39, 0.29) is 18.2 Å². The Labute approximate surface area is 138 Å². The van der Waals surface area contributed by atoms with Crippen molar-refractivity contribution in [2.24, 2.45) is 0 Å². The third-order valence-corrected chi connectivity index (χ3v) is 3.42. The second-order valence-corrected chi connectivity index (χ2v) is 5.25. The van der Waals surface area contributed by atoms with Crippen LogP contribution in [-0.4, -0.2) is 11.1 Å². The number of benzene rings is 2. The van der Waals surface area contributed by atoms with Gasteiger partial charge in [-0.3, -0.25) is 4.79 Å². The number of ether oxygens (including phenoxy) is 1. The zero-order chi connectivity index (χ0) is 17.1. The molecule has 3 heteroatoms. The molecule has 2 aromatic rings. The lowest BCUT2D eigenvalue weighted by Crippen LogP contribution is -2.07. The fourth-order valence-corrected chi connectivity index (χ4v) is 2.17. The first-order valence-electron chi connectivity index (χ1n) is 8.03. The number of carbonyl (C=O) groups excluding carboxylic acids is 1. The van der Waals surface area contributed by atoms with Crippen LogP contribution in [0.2, 0.25) is 0 Å². The van der Waals surface area contributed by atoms with Gasteiger partial charge in [-0.05, 0) is 24.0 Å². The summed E-state index contributed by atoms with van der Waals surface area (Å²) in [5.74, 6) is -0.226. The minimum Gasteiger partial charge on any atom is -0.458 e. The molecular formula is C20H26O3. The Hall–Kier alpha value is -2.13. The normalized spacial score (nSPS) is 12.5. The van der Waals surface area contributed by atoms with Crippen molar-refractivity contribution in [3.63, 3.8) is 0 Å². The van der Waals surface area contributed by atoms with E-state index in [1.54, 1.807) is 0 Å². The Balaban J connectivity index is 0.000000238. The molecular weight excluding hydrogens is 288 g/mol. The molecule has 0 aliphatic heterocycles. The van der Waals surface area contributed by atoms with Crippen molar-refractivity contribution in [3.05, 3.63) is 71.8 Å². The van der Waals surface area contributed by atoms with E-state index in [2.05, 4.69) is 0 Å². The van der Waals surface area contributed by atoms with E-state index in [1.165, 1.54) is 6.92 Å². The lowest BCUT2D eigenvalue weighted by Gasteiger charge is -2.14. The van der Waals surface area contributed by atoms with Crippen molar-refractivity contribution in [2.45, 2.75) is 45.8 Å². The van der Waals surface area contributed by atoms with Crippen molar-refractivity contribution >= 4 is 5.97 Å². The van der Waals surface area contributed by atoms with Crippen LogP contribution < -0.4 is 0 Å². The van der Waals surface area contributed by atoms with Crippen LogP contribution in [0.15, 0.2) is 60.7 Å². The van der Waals surface area contributed by atoms with Gasteiger partial charge in [0.1, 0.15) is 6.10 Å². The van der Waals surface area contributed by atoms with Crippen molar-refractivity contribution in [3.8, 4) is 0 Å². The predicted octanol–water partition coefficient (Wildman–Crippen LogP) is 4.83. The van der Waals surface area contributed by atoms with Crippen molar-refractivity contribution in [1.29, 1.82) is 0 Å². The Morgan fingerprint density at radius 2 is 1.39 bits per heavy atom. The monoisotopic (exact) mass is 314 g/mol. The zero-order valence-electron chi connectivity index (χ0n) is 14.1. The van der Waals surface area contributed by atoms with Gasteiger partial charge in [0.2, 0.25) is 0 Å². The molecule has 0 fully saturated rings. The highest BCUT2D eigenvalue weighted by Crippen LogP contribution is 2.20. The molecule has 2 rings (SSSR count). The van der Waals surface area contributed by atoms with E-state index in [0.717, 1.165) is 24.0 Å². The largest absolute Gasteiger partial charge is 0.458 e. The fraction of sp³-hybridized carbons (Fsp3) is 0.350. The summed E-state index contributed by atoms with van der Waals surface area (Å²) >= 11 is 0.